The van der Waals surface area contributed by atoms with Gasteiger partial charge in [-0.2, -0.15) is 5.10 Å². The van der Waals surface area contributed by atoms with E-state index >= 15 is 0 Å². The number of carbonyl (C=O) groups is 3. The molecule has 3 N–H and O–H groups in total. The molecular weight excluding hydrogens is 472 g/mol. The summed E-state index contributed by atoms with van der Waals surface area (Å²) < 4.78 is 10.6. The van der Waals surface area contributed by atoms with E-state index in [9.17, 15) is 14.4 Å². The highest BCUT2D eigenvalue weighted by Crippen LogP contribution is 2.23. The number of carbonyl (C=O) groups excluding carboxylic acids is 3. The average Bonchev–Trinajstić information content (AvgIpc) is 2.86. The molecule has 35 heavy (non-hydrogen) atoms. The van der Waals surface area contributed by atoms with Crippen LogP contribution in [0, 0.1) is 6.92 Å². The maximum absolute atomic E-state index is 12.1. The van der Waals surface area contributed by atoms with Crippen molar-refractivity contribution >= 4 is 46.9 Å². The van der Waals surface area contributed by atoms with E-state index in [-0.39, 0.29) is 12.5 Å². The van der Waals surface area contributed by atoms with E-state index in [4.69, 9.17) is 21.1 Å². The Morgan fingerprint density at radius 1 is 0.943 bits per heavy atom. The Bertz CT molecular complexity index is 1240. The van der Waals surface area contributed by atoms with Crippen molar-refractivity contribution in [2.45, 2.75) is 6.92 Å². The minimum atomic E-state index is -0.926. The zero-order valence-electron chi connectivity index (χ0n) is 19.0. The zero-order valence-corrected chi connectivity index (χ0v) is 19.8. The second-order valence-corrected chi connectivity index (χ2v) is 7.61. The molecule has 0 heterocycles. The molecule has 3 rings (SSSR count). The molecule has 0 atom stereocenters. The molecule has 3 amide bonds. The molecule has 3 aromatic carbocycles. The molecule has 180 valence electrons. The first-order valence-corrected chi connectivity index (χ1v) is 10.8. The lowest BCUT2D eigenvalue weighted by Gasteiger charge is -2.10. The van der Waals surface area contributed by atoms with Gasteiger partial charge in [-0.15, -0.1) is 0 Å². The van der Waals surface area contributed by atoms with Gasteiger partial charge in [0.15, 0.2) is 6.61 Å². The van der Waals surface area contributed by atoms with Gasteiger partial charge in [0.25, 0.3) is 5.91 Å². The van der Waals surface area contributed by atoms with Gasteiger partial charge in [-0.25, -0.2) is 5.43 Å². The standard InChI is InChI=1S/C25H23ClN4O5/c1-16-21(26)7-4-8-22(16)29-23(31)15-35-19-11-9-17(10-12-19)14-27-30-25(33)24(32)28-18-5-3-6-20(13-18)34-2/h3-14H,15H2,1-2H3,(H,28,32)(H,29,31)(H,30,33)/b27-14-. The number of nitrogens with one attached hydrogen (secondary N) is 3. The number of hydrazone groups is 1. The molecule has 0 radical (unpaired) electrons. The van der Waals surface area contributed by atoms with Crippen LogP contribution in [-0.2, 0) is 14.4 Å². The van der Waals surface area contributed by atoms with E-state index < -0.39 is 11.8 Å². The number of hydrogen-bond donors (Lipinski definition) is 3. The Morgan fingerprint density at radius 2 is 1.69 bits per heavy atom. The number of nitrogens with zero attached hydrogens (tertiary/aromatic N) is 1. The van der Waals surface area contributed by atoms with Crippen molar-refractivity contribution in [1.29, 1.82) is 0 Å². The van der Waals surface area contributed by atoms with Crippen LogP contribution in [0.4, 0.5) is 11.4 Å². The molecule has 0 aliphatic rings. The largest absolute Gasteiger partial charge is 0.497 e. The molecular formula is C25H23ClN4O5. The predicted molar refractivity (Wildman–Crippen MR) is 134 cm³/mol. The summed E-state index contributed by atoms with van der Waals surface area (Å²) in [5, 5.41) is 9.55. The van der Waals surface area contributed by atoms with Crippen molar-refractivity contribution in [3.63, 3.8) is 0 Å². The lowest BCUT2D eigenvalue weighted by Crippen LogP contribution is -2.32. The second-order valence-electron chi connectivity index (χ2n) is 7.20. The van der Waals surface area contributed by atoms with Crippen molar-refractivity contribution in [3.05, 3.63) is 82.9 Å². The molecule has 10 heteroatoms. The van der Waals surface area contributed by atoms with Crippen LogP contribution in [0.3, 0.4) is 0 Å². The van der Waals surface area contributed by atoms with E-state index in [0.717, 1.165) is 5.56 Å². The highest BCUT2D eigenvalue weighted by atomic mass is 35.5. The van der Waals surface area contributed by atoms with Crippen LogP contribution in [0.15, 0.2) is 71.8 Å². The Morgan fingerprint density at radius 3 is 2.43 bits per heavy atom. The van der Waals surface area contributed by atoms with Gasteiger partial charge in [-0.05, 0) is 66.6 Å². The fourth-order valence-corrected chi connectivity index (χ4v) is 3.01. The summed E-state index contributed by atoms with van der Waals surface area (Å²) in [5.74, 6) is -1.10. The third-order valence-electron chi connectivity index (χ3n) is 4.71. The number of rotatable bonds is 8. The van der Waals surface area contributed by atoms with E-state index in [1.54, 1.807) is 66.7 Å². The van der Waals surface area contributed by atoms with Crippen molar-refractivity contribution in [1.82, 2.24) is 5.43 Å². The molecule has 0 aliphatic heterocycles. The van der Waals surface area contributed by atoms with Gasteiger partial charge in [0, 0.05) is 22.5 Å². The van der Waals surface area contributed by atoms with Crippen molar-refractivity contribution in [2.75, 3.05) is 24.4 Å². The minimum Gasteiger partial charge on any atom is -0.497 e. The molecule has 0 fully saturated rings. The van der Waals surface area contributed by atoms with Crippen LogP contribution in [-0.4, -0.2) is 37.7 Å². The van der Waals surface area contributed by atoms with Crippen molar-refractivity contribution in [3.8, 4) is 11.5 Å². The van der Waals surface area contributed by atoms with Crippen molar-refractivity contribution < 1.29 is 23.9 Å². The Kier molecular flexibility index (Phi) is 8.80. The molecule has 0 saturated carbocycles. The number of methoxy groups -OCH3 is 1. The lowest BCUT2D eigenvalue weighted by molar-refractivity contribution is -0.136. The summed E-state index contributed by atoms with van der Waals surface area (Å²) in [5.41, 5.74) is 4.62. The van der Waals surface area contributed by atoms with Gasteiger partial charge in [0.05, 0.1) is 13.3 Å². The Hall–Kier alpha value is -4.37. The normalized spacial score (nSPS) is 10.5. The number of benzene rings is 3. The molecule has 0 aliphatic carbocycles. The Labute approximate surface area is 207 Å². The smallest absolute Gasteiger partial charge is 0.329 e. The number of anilines is 2. The second kappa shape index (κ2) is 12.2. The Balaban J connectivity index is 1.44. The van der Waals surface area contributed by atoms with Crippen LogP contribution in [0.5, 0.6) is 11.5 Å². The minimum absolute atomic E-state index is 0.183. The predicted octanol–water partition coefficient (Wildman–Crippen LogP) is 3.76. The summed E-state index contributed by atoms with van der Waals surface area (Å²) >= 11 is 6.06. The van der Waals surface area contributed by atoms with E-state index in [1.165, 1.54) is 13.3 Å². The molecule has 0 aromatic heterocycles. The van der Waals surface area contributed by atoms with Gasteiger partial charge in [-0.1, -0.05) is 23.7 Å². The maximum Gasteiger partial charge on any atom is 0.329 e. The van der Waals surface area contributed by atoms with E-state index in [0.29, 0.717) is 33.5 Å². The summed E-state index contributed by atoms with van der Waals surface area (Å²) in [6, 6.07) is 18.5. The zero-order chi connectivity index (χ0) is 25.2. The number of ether oxygens (including phenoxy) is 2. The molecule has 0 spiro atoms. The molecule has 0 unspecified atom stereocenters. The monoisotopic (exact) mass is 494 g/mol. The average molecular weight is 495 g/mol. The lowest BCUT2D eigenvalue weighted by atomic mass is 10.2. The van der Waals surface area contributed by atoms with Crippen molar-refractivity contribution in [2.24, 2.45) is 5.10 Å². The van der Waals surface area contributed by atoms with Gasteiger partial charge in [0.2, 0.25) is 0 Å². The van der Waals surface area contributed by atoms with Gasteiger partial charge < -0.3 is 20.1 Å². The van der Waals surface area contributed by atoms with Crippen LogP contribution in [0.25, 0.3) is 0 Å². The number of amides is 3. The first kappa shape index (κ1) is 25.3. The number of halogens is 1. The summed E-state index contributed by atoms with van der Waals surface area (Å²) in [6.45, 7) is 1.63. The van der Waals surface area contributed by atoms with Gasteiger partial charge in [-0.3, -0.25) is 14.4 Å². The molecule has 0 saturated heterocycles. The highest BCUT2D eigenvalue weighted by Gasteiger charge is 2.13. The highest BCUT2D eigenvalue weighted by molar-refractivity contribution is 6.39. The summed E-state index contributed by atoms with van der Waals surface area (Å²) in [6.07, 6.45) is 1.37. The summed E-state index contributed by atoms with van der Waals surface area (Å²) in [7, 11) is 1.50. The van der Waals surface area contributed by atoms with Crippen LogP contribution in [0.2, 0.25) is 5.02 Å². The topological polar surface area (TPSA) is 118 Å². The third-order valence-corrected chi connectivity index (χ3v) is 5.11. The fraction of sp³-hybridized carbons (Fsp3) is 0.120. The van der Waals surface area contributed by atoms with Gasteiger partial charge >= 0.3 is 11.8 Å². The van der Waals surface area contributed by atoms with Crippen LogP contribution >= 0.6 is 11.6 Å². The van der Waals surface area contributed by atoms with Crippen LogP contribution < -0.4 is 25.5 Å². The molecule has 9 nitrogen and oxygen atoms in total. The quantitative estimate of drug-likeness (QED) is 0.250. The first-order chi connectivity index (χ1) is 16.9. The SMILES string of the molecule is COc1cccc(NC(=O)C(=O)N/N=C\c2ccc(OCC(=O)Nc3cccc(Cl)c3C)cc2)c1. The fourth-order valence-electron chi connectivity index (χ4n) is 2.83. The molecule has 3 aromatic rings. The third kappa shape index (κ3) is 7.58. The number of hydrogen-bond acceptors (Lipinski definition) is 6. The van der Waals surface area contributed by atoms with Gasteiger partial charge in [0.1, 0.15) is 11.5 Å². The molecule has 0 bridgehead atoms. The summed E-state index contributed by atoms with van der Waals surface area (Å²) in [4.78, 5) is 36.1. The van der Waals surface area contributed by atoms with E-state index in [1.807, 2.05) is 6.92 Å². The first-order valence-electron chi connectivity index (χ1n) is 10.4. The van der Waals surface area contributed by atoms with Crippen LogP contribution in [0.1, 0.15) is 11.1 Å². The maximum atomic E-state index is 12.1. The van der Waals surface area contributed by atoms with E-state index in [2.05, 4.69) is 21.2 Å².